The van der Waals surface area contributed by atoms with Crippen LogP contribution in [0.2, 0.25) is 5.02 Å². The molecule has 1 aliphatic heterocycles. The van der Waals surface area contributed by atoms with E-state index in [0.29, 0.717) is 12.3 Å². The Labute approximate surface area is 114 Å². The Bertz CT molecular complexity index is 526. The van der Waals surface area contributed by atoms with Crippen molar-refractivity contribution in [1.82, 2.24) is 10.3 Å². The summed E-state index contributed by atoms with van der Waals surface area (Å²) >= 11 is 5.96. The van der Waals surface area contributed by atoms with E-state index >= 15 is 0 Å². The van der Waals surface area contributed by atoms with Gasteiger partial charge in [0.25, 0.3) is 5.91 Å². The Balaban J connectivity index is 2.22. The molecule has 0 spiro atoms. The molecule has 1 amide bonds. The van der Waals surface area contributed by atoms with E-state index in [2.05, 4.69) is 10.3 Å². The van der Waals surface area contributed by atoms with Crippen molar-refractivity contribution in [2.24, 2.45) is 0 Å². The molecule has 7 heteroatoms. The summed E-state index contributed by atoms with van der Waals surface area (Å²) in [6, 6.07) is 1.55. The highest BCUT2D eigenvalue weighted by atomic mass is 35.5. The Morgan fingerprint density at radius 1 is 1.58 bits per heavy atom. The molecule has 2 heterocycles. The van der Waals surface area contributed by atoms with Gasteiger partial charge >= 0.3 is 5.97 Å². The Morgan fingerprint density at radius 3 is 2.84 bits per heavy atom. The van der Waals surface area contributed by atoms with Gasteiger partial charge in [0.05, 0.1) is 17.2 Å². The zero-order valence-corrected chi connectivity index (χ0v) is 11.0. The van der Waals surface area contributed by atoms with Gasteiger partial charge in [0.2, 0.25) is 0 Å². The number of carboxylic acid groups (broad SMARTS) is 1. The van der Waals surface area contributed by atoms with Crippen molar-refractivity contribution in [3.05, 3.63) is 28.5 Å². The number of carbonyl (C=O) groups is 2. The molecule has 1 unspecified atom stereocenters. The average Bonchev–Trinajstić information content (AvgIpc) is 2.78. The lowest BCUT2D eigenvalue weighted by atomic mass is 9.98. The van der Waals surface area contributed by atoms with Crippen LogP contribution >= 0.6 is 11.6 Å². The molecular formula is C12H13ClN2O4. The number of nitrogens with one attached hydrogen (secondary N) is 1. The molecule has 0 bridgehead atoms. The number of rotatable bonds is 3. The first-order valence-electron chi connectivity index (χ1n) is 5.70. The third-order valence-electron chi connectivity index (χ3n) is 3.02. The SMILES string of the molecule is Cc1cc(Cl)c(C(=O)NC2(C(=O)O)CCOC2)cn1. The van der Waals surface area contributed by atoms with E-state index in [0.717, 1.165) is 0 Å². The number of halogens is 1. The lowest BCUT2D eigenvalue weighted by Gasteiger charge is -2.23. The van der Waals surface area contributed by atoms with E-state index in [4.69, 9.17) is 16.3 Å². The monoisotopic (exact) mass is 284 g/mol. The molecule has 1 saturated heterocycles. The zero-order chi connectivity index (χ0) is 14.0. The van der Waals surface area contributed by atoms with Gasteiger partial charge in [-0.05, 0) is 13.0 Å². The fourth-order valence-electron chi connectivity index (χ4n) is 1.86. The highest BCUT2D eigenvalue weighted by molar-refractivity contribution is 6.33. The molecule has 1 atom stereocenters. The molecule has 102 valence electrons. The summed E-state index contributed by atoms with van der Waals surface area (Å²) in [7, 11) is 0. The van der Waals surface area contributed by atoms with Crippen molar-refractivity contribution < 1.29 is 19.4 Å². The van der Waals surface area contributed by atoms with Gasteiger partial charge in [-0.3, -0.25) is 9.78 Å². The zero-order valence-electron chi connectivity index (χ0n) is 10.3. The molecule has 1 aromatic heterocycles. The van der Waals surface area contributed by atoms with E-state index in [9.17, 15) is 14.7 Å². The minimum absolute atomic E-state index is 0.0506. The molecule has 1 aliphatic rings. The van der Waals surface area contributed by atoms with Crippen molar-refractivity contribution >= 4 is 23.5 Å². The smallest absolute Gasteiger partial charge is 0.331 e. The van der Waals surface area contributed by atoms with Crippen molar-refractivity contribution in [3.8, 4) is 0 Å². The predicted molar refractivity (Wildman–Crippen MR) is 67.3 cm³/mol. The number of aromatic nitrogens is 1. The van der Waals surface area contributed by atoms with E-state index in [1.54, 1.807) is 13.0 Å². The normalized spacial score (nSPS) is 22.2. The molecule has 0 radical (unpaired) electrons. The summed E-state index contributed by atoms with van der Waals surface area (Å²) in [5, 5.41) is 12.0. The molecule has 0 aromatic carbocycles. The number of ether oxygens (including phenoxy) is 1. The molecule has 6 nitrogen and oxygen atoms in total. The lowest BCUT2D eigenvalue weighted by molar-refractivity contribution is -0.144. The van der Waals surface area contributed by atoms with Crippen LogP contribution in [0.5, 0.6) is 0 Å². The second kappa shape index (κ2) is 5.14. The summed E-state index contributed by atoms with van der Waals surface area (Å²) in [5.41, 5.74) is -0.552. The highest BCUT2D eigenvalue weighted by Gasteiger charge is 2.44. The number of carboxylic acids is 1. The van der Waals surface area contributed by atoms with Crippen LogP contribution in [0.3, 0.4) is 0 Å². The van der Waals surface area contributed by atoms with E-state index < -0.39 is 17.4 Å². The number of hydrogen-bond acceptors (Lipinski definition) is 4. The van der Waals surface area contributed by atoms with Crippen LogP contribution < -0.4 is 5.32 Å². The van der Waals surface area contributed by atoms with Crippen molar-refractivity contribution in [2.45, 2.75) is 18.9 Å². The van der Waals surface area contributed by atoms with E-state index in [-0.39, 0.29) is 23.6 Å². The molecule has 2 rings (SSSR count). The lowest BCUT2D eigenvalue weighted by Crippen LogP contribution is -2.55. The third-order valence-corrected chi connectivity index (χ3v) is 3.33. The number of aliphatic carboxylic acids is 1. The van der Waals surface area contributed by atoms with Gasteiger partial charge in [0.1, 0.15) is 0 Å². The predicted octanol–water partition coefficient (Wildman–Crippen LogP) is 1.02. The summed E-state index contributed by atoms with van der Waals surface area (Å²) in [6.07, 6.45) is 1.56. The van der Waals surface area contributed by atoms with Gasteiger partial charge in [-0.1, -0.05) is 11.6 Å². The van der Waals surface area contributed by atoms with Crippen LogP contribution in [0.15, 0.2) is 12.3 Å². The first-order chi connectivity index (χ1) is 8.94. The Kier molecular flexibility index (Phi) is 3.73. The number of aryl methyl sites for hydroxylation is 1. The maximum atomic E-state index is 12.1. The number of hydrogen-bond donors (Lipinski definition) is 2. The maximum absolute atomic E-state index is 12.1. The van der Waals surface area contributed by atoms with Crippen LogP contribution in [-0.4, -0.2) is 40.7 Å². The van der Waals surface area contributed by atoms with Crippen LogP contribution in [-0.2, 0) is 9.53 Å². The molecule has 0 aliphatic carbocycles. The number of pyridine rings is 1. The second-order valence-corrected chi connectivity index (χ2v) is 4.86. The summed E-state index contributed by atoms with van der Waals surface area (Å²) in [4.78, 5) is 27.4. The van der Waals surface area contributed by atoms with Gasteiger partial charge in [-0.2, -0.15) is 0 Å². The van der Waals surface area contributed by atoms with Crippen molar-refractivity contribution in [2.75, 3.05) is 13.2 Å². The number of carbonyl (C=O) groups excluding carboxylic acids is 1. The minimum atomic E-state index is -1.38. The second-order valence-electron chi connectivity index (χ2n) is 4.45. The van der Waals surface area contributed by atoms with Gasteiger partial charge in [0.15, 0.2) is 5.54 Å². The van der Waals surface area contributed by atoms with Crippen molar-refractivity contribution in [3.63, 3.8) is 0 Å². The van der Waals surface area contributed by atoms with Gasteiger partial charge in [0, 0.05) is 24.9 Å². The summed E-state index contributed by atoms with van der Waals surface area (Å²) < 4.78 is 5.06. The summed E-state index contributed by atoms with van der Waals surface area (Å²) in [6.45, 7) is 1.99. The Morgan fingerprint density at radius 2 is 2.32 bits per heavy atom. The molecule has 1 fully saturated rings. The largest absolute Gasteiger partial charge is 0.479 e. The van der Waals surface area contributed by atoms with E-state index in [1.807, 2.05) is 0 Å². The van der Waals surface area contributed by atoms with Crippen LogP contribution in [0.25, 0.3) is 0 Å². The van der Waals surface area contributed by atoms with E-state index in [1.165, 1.54) is 6.20 Å². The molecule has 0 saturated carbocycles. The fourth-order valence-corrected chi connectivity index (χ4v) is 2.16. The maximum Gasteiger partial charge on any atom is 0.331 e. The van der Waals surface area contributed by atoms with Gasteiger partial charge < -0.3 is 15.2 Å². The first kappa shape index (κ1) is 13.8. The fraction of sp³-hybridized carbons (Fsp3) is 0.417. The standard InChI is InChI=1S/C12H13ClN2O4/c1-7-4-9(13)8(5-14-7)10(16)15-12(11(17)18)2-3-19-6-12/h4-5H,2-3,6H2,1H3,(H,15,16)(H,17,18). The molecule has 1 aromatic rings. The van der Waals surface area contributed by atoms with Crippen molar-refractivity contribution in [1.29, 1.82) is 0 Å². The number of nitrogens with zero attached hydrogens (tertiary/aromatic N) is 1. The van der Waals surface area contributed by atoms with Gasteiger partial charge in [-0.15, -0.1) is 0 Å². The third kappa shape index (κ3) is 2.69. The Hall–Kier alpha value is -1.66. The number of amides is 1. The topological polar surface area (TPSA) is 88.5 Å². The first-order valence-corrected chi connectivity index (χ1v) is 6.08. The summed E-state index contributed by atoms with van der Waals surface area (Å²) in [5.74, 6) is -1.68. The molecule has 19 heavy (non-hydrogen) atoms. The molecular weight excluding hydrogens is 272 g/mol. The highest BCUT2D eigenvalue weighted by Crippen LogP contribution is 2.22. The van der Waals surface area contributed by atoms with Crippen LogP contribution in [0.4, 0.5) is 0 Å². The van der Waals surface area contributed by atoms with Crippen LogP contribution in [0.1, 0.15) is 22.5 Å². The average molecular weight is 285 g/mol. The van der Waals surface area contributed by atoms with Gasteiger partial charge in [-0.25, -0.2) is 4.79 Å². The minimum Gasteiger partial charge on any atom is -0.479 e. The molecule has 2 N–H and O–H groups in total. The van der Waals surface area contributed by atoms with Crippen LogP contribution in [0, 0.1) is 6.92 Å². The quantitative estimate of drug-likeness (QED) is 0.865.